The van der Waals surface area contributed by atoms with Gasteiger partial charge in [-0.05, 0) is 86.7 Å². The maximum Gasteiger partial charge on any atom is 0.335 e. The summed E-state index contributed by atoms with van der Waals surface area (Å²) >= 11 is 0. The molecule has 1 saturated carbocycles. The van der Waals surface area contributed by atoms with Crippen LogP contribution in [0.15, 0.2) is 66.7 Å². The van der Waals surface area contributed by atoms with Crippen molar-refractivity contribution in [3.63, 3.8) is 0 Å². The smallest absolute Gasteiger partial charge is 0.335 e. The van der Waals surface area contributed by atoms with Gasteiger partial charge in [0.15, 0.2) is 0 Å². The molecule has 222 valence electrons. The van der Waals surface area contributed by atoms with Gasteiger partial charge in [-0.25, -0.2) is 4.79 Å². The number of nitrogens with zero attached hydrogens (tertiary/aromatic N) is 1. The number of hydrogen-bond donors (Lipinski definition) is 3. The van der Waals surface area contributed by atoms with Crippen LogP contribution in [-0.2, 0) is 6.54 Å². The fourth-order valence-corrected chi connectivity index (χ4v) is 6.47. The fraction of sp³-hybridized carbons (Fsp3) is 0.343. The number of carbonyl (C=O) groups excluding carboxylic acids is 2. The lowest BCUT2D eigenvalue weighted by molar-refractivity contribution is 0.0696. The molecule has 8 heteroatoms. The Morgan fingerprint density at radius 1 is 0.907 bits per heavy atom. The zero-order chi connectivity index (χ0) is 30.1. The summed E-state index contributed by atoms with van der Waals surface area (Å²) in [5.74, 6) is -0.225. The molecular weight excluding hydrogens is 542 g/mol. The van der Waals surface area contributed by atoms with Gasteiger partial charge in [0.25, 0.3) is 11.8 Å². The molecule has 1 aromatic heterocycles. The number of rotatable bonds is 7. The Kier molecular flexibility index (Phi) is 7.69. The summed E-state index contributed by atoms with van der Waals surface area (Å²) in [4.78, 5) is 37.3. The van der Waals surface area contributed by atoms with Gasteiger partial charge in [0.2, 0.25) is 0 Å². The number of ether oxygens (including phenoxy) is 1. The molecule has 2 heterocycles. The second-order valence-electron chi connectivity index (χ2n) is 12.2. The fourth-order valence-electron chi connectivity index (χ4n) is 6.47. The minimum absolute atomic E-state index is 0.114. The summed E-state index contributed by atoms with van der Waals surface area (Å²) in [5.41, 5.74) is 5.03. The third kappa shape index (κ3) is 5.74. The second kappa shape index (κ2) is 11.6. The highest BCUT2D eigenvalue weighted by molar-refractivity contribution is 6.01. The first-order valence-electron chi connectivity index (χ1n) is 15.0. The van der Waals surface area contributed by atoms with Gasteiger partial charge in [0.05, 0.1) is 23.3 Å². The van der Waals surface area contributed by atoms with Gasteiger partial charge in [-0.3, -0.25) is 9.59 Å². The van der Waals surface area contributed by atoms with E-state index in [1.54, 1.807) is 0 Å². The standard InChI is InChI=1S/C35H37N3O5/c1-35(2,21-36-32(39)23-12-14-24(15-13-23)34(41)42)37-33(40)25-16-17-26-28(20-25)38-18-19-43-29-11-7-6-10-27(29)31(38)30(26)22-8-4-3-5-9-22/h6-7,10-17,20,22H,3-5,8-9,18-19,21H2,1-2H3,(H,36,39)(H,37,40)(H,41,42). The van der Waals surface area contributed by atoms with Crippen LogP contribution in [0, 0.1) is 0 Å². The molecular formula is C35H37N3O5. The van der Waals surface area contributed by atoms with Crippen LogP contribution in [0.2, 0.25) is 0 Å². The van der Waals surface area contributed by atoms with E-state index in [1.807, 2.05) is 38.1 Å². The number of carbonyl (C=O) groups is 3. The van der Waals surface area contributed by atoms with Crippen molar-refractivity contribution >= 4 is 28.7 Å². The van der Waals surface area contributed by atoms with Crippen molar-refractivity contribution < 1.29 is 24.2 Å². The Morgan fingerprint density at radius 3 is 2.35 bits per heavy atom. The Balaban J connectivity index is 1.26. The van der Waals surface area contributed by atoms with E-state index in [2.05, 4.69) is 33.4 Å². The number of hydrogen-bond acceptors (Lipinski definition) is 4. The van der Waals surface area contributed by atoms with Gasteiger partial charge in [-0.15, -0.1) is 0 Å². The predicted octanol–water partition coefficient (Wildman–Crippen LogP) is 6.39. The zero-order valence-electron chi connectivity index (χ0n) is 24.6. The monoisotopic (exact) mass is 579 g/mol. The van der Waals surface area contributed by atoms with Gasteiger partial charge in [0, 0.05) is 34.1 Å². The summed E-state index contributed by atoms with van der Waals surface area (Å²) in [6.45, 7) is 5.16. The van der Waals surface area contributed by atoms with Crippen LogP contribution in [0.25, 0.3) is 22.2 Å². The van der Waals surface area contributed by atoms with Gasteiger partial charge in [-0.1, -0.05) is 37.5 Å². The van der Waals surface area contributed by atoms with Crippen molar-refractivity contribution in [2.75, 3.05) is 13.2 Å². The van der Waals surface area contributed by atoms with E-state index in [4.69, 9.17) is 9.84 Å². The summed E-state index contributed by atoms with van der Waals surface area (Å²) in [7, 11) is 0. The number of aromatic carboxylic acids is 1. The molecule has 0 saturated heterocycles. The number of carboxylic acid groups (broad SMARTS) is 1. The number of nitrogens with one attached hydrogen (secondary N) is 2. The summed E-state index contributed by atoms with van der Waals surface area (Å²) in [5, 5.41) is 16.2. The molecule has 2 amide bonds. The van der Waals surface area contributed by atoms with E-state index in [0.29, 0.717) is 30.2 Å². The normalized spacial score (nSPS) is 15.1. The molecule has 6 rings (SSSR count). The molecule has 3 N–H and O–H groups in total. The lowest BCUT2D eigenvalue weighted by Gasteiger charge is -2.27. The Morgan fingerprint density at radius 2 is 1.60 bits per heavy atom. The van der Waals surface area contributed by atoms with Crippen LogP contribution in [0.4, 0.5) is 0 Å². The number of benzene rings is 3. The highest BCUT2D eigenvalue weighted by Gasteiger charge is 2.30. The van der Waals surface area contributed by atoms with Crippen LogP contribution in [0.5, 0.6) is 5.75 Å². The third-order valence-corrected chi connectivity index (χ3v) is 8.63. The third-order valence-electron chi connectivity index (χ3n) is 8.63. The maximum atomic E-state index is 13.5. The van der Waals surface area contributed by atoms with E-state index < -0.39 is 11.5 Å². The van der Waals surface area contributed by atoms with E-state index in [0.717, 1.165) is 16.8 Å². The van der Waals surface area contributed by atoms with Crippen LogP contribution < -0.4 is 15.4 Å². The number of para-hydroxylation sites is 1. The van der Waals surface area contributed by atoms with Crippen molar-refractivity contribution in [2.45, 2.75) is 64.0 Å². The molecule has 43 heavy (non-hydrogen) atoms. The van der Waals surface area contributed by atoms with Crippen molar-refractivity contribution in [1.29, 1.82) is 0 Å². The molecule has 8 nitrogen and oxygen atoms in total. The molecule has 0 spiro atoms. The maximum absolute atomic E-state index is 13.5. The lowest BCUT2D eigenvalue weighted by atomic mass is 9.81. The molecule has 3 aromatic carbocycles. The van der Waals surface area contributed by atoms with Crippen LogP contribution in [-0.4, -0.2) is 46.1 Å². The summed E-state index contributed by atoms with van der Waals surface area (Å²) < 4.78 is 8.49. The predicted molar refractivity (Wildman–Crippen MR) is 166 cm³/mol. The zero-order valence-corrected chi connectivity index (χ0v) is 24.6. The number of amides is 2. The highest BCUT2D eigenvalue weighted by atomic mass is 16.5. The molecule has 1 aliphatic carbocycles. The van der Waals surface area contributed by atoms with Gasteiger partial charge in [0.1, 0.15) is 12.4 Å². The van der Waals surface area contributed by atoms with Crippen molar-refractivity contribution in [3.05, 3.63) is 89.0 Å². The molecule has 0 atom stereocenters. The average molecular weight is 580 g/mol. The molecule has 0 unspecified atom stereocenters. The highest BCUT2D eigenvalue weighted by Crippen LogP contribution is 2.47. The first-order chi connectivity index (χ1) is 20.7. The lowest BCUT2D eigenvalue weighted by Crippen LogP contribution is -2.51. The molecule has 2 aliphatic rings. The minimum atomic E-state index is -1.05. The van der Waals surface area contributed by atoms with E-state index in [9.17, 15) is 14.4 Å². The van der Waals surface area contributed by atoms with E-state index in [1.165, 1.54) is 73.0 Å². The van der Waals surface area contributed by atoms with Crippen molar-refractivity contribution in [3.8, 4) is 17.0 Å². The first kappa shape index (κ1) is 28.5. The molecule has 4 aromatic rings. The van der Waals surface area contributed by atoms with Gasteiger partial charge < -0.3 is 25.0 Å². The topological polar surface area (TPSA) is 110 Å². The number of carboxylic acids is 1. The molecule has 0 bridgehead atoms. The molecule has 1 aliphatic heterocycles. The number of fused-ring (bicyclic) bond motifs is 5. The summed E-state index contributed by atoms with van der Waals surface area (Å²) in [6.07, 6.45) is 6.08. The average Bonchev–Trinajstić information content (AvgIpc) is 3.21. The molecule has 0 radical (unpaired) electrons. The Labute approximate surface area is 251 Å². The quantitative estimate of drug-likeness (QED) is 0.235. The van der Waals surface area contributed by atoms with Crippen LogP contribution in [0.1, 0.15) is 88.5 Å². The van der Waals surface area contributed by atoms with Crippen molar-refractivity contribution in [2.24, 2.45) is 0 Å². The second-order valence-corrected chi connectivity index (χ2v) is 12.2. The van der Waals surface area contributed by atoms with Gasteiger partial charge in [-0.2, -0.15) is 0 Å². The SMILES string of the molecule is CC(C)(CNC(=O)c1ccc(C(=O)O)cc1)NC(=O)c1ccc2c(C3CCCCC3)c3n(c2c1)CCOc1ccccc1-3. The minimum Gasteiger partial charge on any atom is -0.491 e. The Bertz CT molecular complexity index is 1700. The molecule has 1 fully saturated rings. The van der Waals surface area contributed by atoms with Crippen LogP contribution >= 0.6 is 0 Å². The summed E-state index contributed by atoms with van der Waals surface area (Å²) in [6, 6.07) is 20.0. The first-order valence-corrected chi connectivity index (χ1v) is 15.0. The van der Waals surface area contributed by atoms with E-state index >= 15 is 0 Å². The Hall–Kier alpha value is -4.59. The van der Waals surface area contributed by atoms with Crippen LogP contribution in [0.3, 0.4) is 0 Å². The van der Waals surface area contributed by atoms with Gasteiger partial charge >= 0.3 is 5.97 Å². The van der Waals surface area contributed by atoms with Crippen molar-refractivity contribution in [1.82, 2.24) is 15.2 Å². The largest absolute Gasteiger partial charge is 0.491 e. The van der Waals surface area contributed by atoms with E-state index in [-0.39, 0.29) is 23.9 Å². The number of aromatic nitrogens is 1.